The molecule has 1 rings (SSSR count). The largest absolute Gasteiger partial charge is 0.367 e. The van der Waals surface area contributed by atoms with Gasteiger partial charge in [0.25, 0.3) is 10.2 Å². The minimum atomic E-state index is -1.33. The Morgan fingerprint density at radius 3 is 2.04 bits per heavy atom. The minimum Gasteiger partial charge on any atom is -0.367 e. The van der Waals surface area contributed by atoms with Crippen LogP contribution in [-0.2, 0) is 19.3 Å². The average Bonchev–Trinajstić information content (AvgIpc) is 2.37. The van der Waals surface area contributed by atoms with E-state index in [1.807, 2.05) is 0 Å². The Morgan fingerprint density at radius 1 is 1.12 bits per heavy atom. The number of carbonyl (C=O) groups is 1. The Hall–Kier alpha value is -2.17. The van der Waals surface area contributed by atoms with Crippen LogP contribution in [0.3, 0.4) is 0 Å². The van der Waals surface area contributed by atoms with Gasteiger partial charge in [-0.1, -0.05) is 13.8 Å². The molecule has 2 atom stereocenters. The molecule has 1 aliphatic heterocycles. The maximum Gasteiger partial charge on any atom is 0.327 e. The summed E-state index contributed by atoms with van der Waals surface area (Å²) in [6, 6.07) is 0. The zero-order chi connectivity index (χ0) is 18.9. The monoisotopic (exact) mass is 349 g/mol. The van der Waals surface area contributed by atoms with E-state index in [0.29, 0.717) is 0 Å². The lowest BCUT2D eigenvalue weighted by Gasteiger charge is -2.54. The van der Waals surface area contributed by atoms with Gasteiger partial charge in [-0.3, -0.25) is 4.79 Å². The van der Waals surface area contributed by atoms with Crippen molar-refractivity contribution in [3.8, 4) is 0 Å². The van der Waals surface area contributed by atoms with Gasteiger partial charge in [0.05, 0.1) is 17.0 Å². The van der Waals surface area contributed by atoms with Crippen LogP contribution in [0.4, 0.5) is 0 Å². The van der Waals surface area contributed by atoms with Gasteiger partial charge in [0.15, 0.2) is 6.10 Å². The van der Waals surface area contributed by atoms with E-state index in [1.54, 1.807) is 27.7 Å². The fourth-order valence-corrected chi connectivity index (χ4v) is 2.96. The maximum absolute atomic E-state index is 12.0. The van der Waals surface area contributed by atoms with E-state index in [9.17, 15) is 25.0 Å². The molecule has 11 heteroatoms. The van der Waals surface area contributed by atoms with E-state index in [2.05, 4.69) is 9.68 Å². The van der Waals surface area contributed by atoms with Gasteiger partial charge in [-0.2, -0.15) is 0 Å². The van der Waals surface area contributed by atoms with E-state index in [-0.39, 0.29) is 6.42 Å². The maximum atomic E-state index is 12.0. The fourth-order valence-electron chi connectivity index (χ4n) is 2.96. The summed E-state index contributed by atoms with van der Waals surface area (Å²) in [6.45, 7) is 9.76. The van der Waals surface area contributed by atoms with Gasteiger partial charge in [-0.15, -0.1) is 25.3 Å². The highest BCUT2D eigenvalue weighted by molar-refractivity contribution is 5.71. The van der Waals surface area contributed by atoms with Crippen molar-refractivity contribution < 1.29 is 29.5 Å². The predicted octanol–water partition coefficient (Wildman–Crippen LogP) is 1.52. The molecule has 0 saturated carbocycles. The van der Waals surface area contributed by atoms with Crippen molar-refractivity contribution in [2.45, 2.75) is 71.2 Å². The van der Waals surface area contributed by atoms with Crippen LogP contribution in [0.2, 0.25) is 0 Å². The Labute approximate surface area is 139 Å². The van der Waals surface area contributed by atoms with Gasteiger partial charge in [0.1, 0.15) is 6.10 Å². The second kappa shape index (κ2) is 6.75. The molecule has 1 aliphatic rings. The zero-order valence-electron chi connectivity index (χ0n) is 14.5. The van der Waals surface area contributed by atoms with E-state index in [0.717, 1.165) is 0 Å². The first-order chi connectivity index (χ1) is 10.8. The van der Waals surface area contributed by atoms with Crippen molar-refractivity contribution in [2.24, 2.45) is 5.92 Å². The van der Waals surface area contributed by atoms with Gasteiger partial charge >= 0.3 is 5.97 Å². The number of rotatable bonds is 6. The van der Waals surface area contributed by atoms with Crippen molar-refractivity contribution >= 4 is 5.97 Å². The summed E-state index contributed by atoms with van der Waals surface area (Å²) in [5, 5.41) is 20.8. The van der Waals surface area contributed by atoms with Crippen LogP contribution in [0, 0.1) is 26.1 Å². The van der Waals surface area contributed by atoms with E-state index in [4.69, 9.17) is 4.84 Å². The topological polar surface area (TPSA) is 134 Å². The number of hydrogen-bond donors (Lipinski definition) is 0. The van der Waals surface area contributed by atoms with Crippen LogP contribution in [0.25, 0.3) is 0 Å². The second-order valence-electron chi connectivity index (χ2n) is 7.15. The smallest absolute Gasteiger partial charge is 0.327 e. The van der Waals surface area contributed by atoms with Crippen molar-refractivity contribution in [3.63, 3.8) is 0 Å². The molecular formula is C13H23N3O8. The first kappa shape index (κ1) is 19.9. The normalized spacial score (nSPS) is 25.8. The van der Waals surface area contributed by atoms with Crippen molar-refractivity contribution in [2.75, 3.05) is 0 Å². The highest BCUT2D eigenvalue weighted by atomic mass is 17.0. The molecule has 1 heterocycles. The van der Waals surface area contributed by atoms with Crippen molar-refractivity contribution in [1.29, 1.82) is 0 Å². The molecule has 138 valence electrons. The van der Waals surface area contributed by atoms with Gasteiger partial charge in [0, 0.05) is 0 Å². The number of piperidine rings is 1. The summed E-state index contributed by atoms with van der Waals surface area (Å²) in [5.41, 5.74) is -2.12. The Morgan fingerprint density at radius 2 is 1.62 bits per heavy atom. The molecule has 0 radical (unpaired) electrons. The zero-order valence-corrected chi connectivity index (χ0v) is 14.5. The molecule has 0 N–H and O–H groups in total. The third kappa shape index (κ3) is 4.22. The van der Waals surface area contributed by atoms with Crippen molar-refractivity contribution in [1.82, 2.24) is 5.06 Å². The quantitative estimate of drug-likeness (QED) is 0.516. The summed E-state index contributed by atoms with van der Waals surface area (Å²) in [7, 11) is 0. The third-order valence-electron chi connectivity index (χ3n) is 3.88. The van der Waals surface area contributed by atoms with Crippen LogP contribution < -0.4 is 0 Å². The summed E-state index contributed by atoms with van der Waals surface area (Å²) < 4.78 is 0. The molecule has 0 spiro atoms. The molecule has 24 heavy (non-hydrogen) atoms. The van der Waals surface area contributed by atoms with Crippen molar-refractivity contribution in [3.05, 3.63) is 20.2 Å². The lowest BCUT2D eigenvalue weighted by atomic mass is 9.78. The number of hydroxylamine groups is 2. The molecule has 0 bridgehead atoms. The number of hydrogen-bond acceptors (Lipinski definition) is 9. The van der Waals surface area contributed by atoms with Crippen LogP contribution in [0.1, 0.15) is 48.0 Å². The predicted molar refractivity (Wildman–Crippen MR) is 79.3 cm³/mol. The van der Waals surface area contributed by atoms with Crippen LogP contribution in [0.15, 0.2) is 0 Å². The van der Waals surface area contributed by atoms with Crippen LogP contribution >= 0.6 is 0 Å². The Bertz CT molecular complexity index is 519. The standard InChI is InChI=1S/C13H23N3O8/c1-8(2)11(17)24-14-12(3,4)7-9(22-15(18)19)10(13(14,5)6)23-16(20)21/h8-10H,7H2,1-6H3. The minimum absolute atomic E-state index is 0.0126. The molecule has 1 fully saturated rings. The van der Waals surface area contributed by atoms with Gasteiger partial charge in [0.2, 0.25) is 0 Å². The van der Waals surface area contributed by atoms with E-state index in [1.165, 1.54) is 18.9 Å². The summed E-state index contributed by atoms with van der Waals surface area (Å²) in [5.74, 6) is -0.941. The van der Waals surface area contributed by atoms with E-state index < -0.39 is 45.3 Å². The lowest BCUT2D eigenvalue weighted by molar-refractivity contribution is -0.804. The summed E-state index contributed by atoms with van der Waals surface area (Å²) in [4.78, 5) is 48.2. The number of nitrogens with zero attached hydrogens (tertiary/aromatic N) is 3. The Balaban J connectivity index is 3.24. The van der Waals surface area contributed by atoms with E-state index >= 15 is 0 Å². The third-order valence-corrected chi connectivity index (χ3v) is 3.88. The molecule has 2 unspecified atom stereocenters. The summed E-state index contributed by atoms with van der Waals surface area (Å²) >= 11 is 0. The molecule has 0 amide bonds. The Kier molecular flexibility index (Phi) is 5.59. The van der Waals surface area contributed by atoms with Gasteiger partial charge in [-0.05, 0) is 34.1 Å². The highest BCUT2D eigenvalue weighted by Crippen LogP contribution is 2.41. The summed E-state index contributed by atoms with van der Waals surface area (Å²) in [6.07, 6.45) is -2.53. The molecule has 0 aromatic heterocycles. The van der Waals surface area contributed by atoms with Crippen LogP contribution in [-0.4, -0.2) is 44.5 Å². The first-order valence-corrected chi connectivity index (χ1v) is 7.43. The lowest BCUT2D eigenvalue weighted by Crippen LogP contribution is -2.70. The molecule has 0 aromatic rings. The van der Waals surface area contributed by atoms with Gasteiger partial charge in [-0.25, -0.2) is 0 Å². The fraction of sp³-hybridized carbons (Fsp3) is 0.923. The highest BCUT2D eigenvalue weighted by Gasteiger charge is 2.57. The van der Waals surface area contributed by atoms with Crippen LogP contribution in [0.5, 0.6) is 0 Å². The first-order valence-electron chi connectivity index (χ1n) is 7.43. The van der Waals surface area contributed by atoms with Gasteiger partial charge < -0.3 is 14.5 Å². The molecular weight excluding hydrogens is 326 g/mol. The average molecular weight is 349 g/mol. The molecule has 11 nitrogen and oxygen atoms in total. The number of carbonyl (C=O) groups excluding carboxylic acids is 1. The molecule has 1 saturated heterocycles. The molecule has 0 aromatic carbocycles. The SMILES string of the molecule is CC(C)C(=O)ON1C(C)(C)CC(O[N+](=O)[O-])C(O[N+](=O)[O-])C1(C)C. The molecule has 0 aliphatic carbocycles. The second-order valence-corrected chi connectivity index (χ2v) is 7.15.